The van der Waals surface area contributed by atoms with E-state index in [4.69, 9.17) is 28.3 Å². The van der Waals surface area contributed by atoms with Gasteiger partial charge in [0.1, 0.15) is 0 Å². The largest absolute Gasteiger partial charge is 0.481 e. The van der Waals surface area contributed by atoms with Gasteiger partial charge in [0.2, 0.25) is 0 Å². The van der Waals surface area contributed by atoms with Crippen LogP contribution in [0.3, 0.4) is 0 Å². The van der Waals surface area contributed by atoms with Gasteiger partial charge in [0.05, 0.1) is 11.8 Å². The number of carboxylic acid groups (broad SMARTS) is 1. The molecule has 0 saturated heterocycles. The third-order valence-electron chi connectivity index (χ3n) is 1.20. The lowest BCUT2D eigenvalue weighted by Crippen LogP contribution is -1.98. The first-order chi connectivity index (χ1) is 6.20. The van der Waals surface area contributed by atoms with Crippen molar-refractivity contribution in [2.45, 2.75) is 6.42 Å². The minimum absolute atomic E-state index is 0.112. The molecule has 0 radical (unpaired) electrons. The third-order valence-corrected chi connectivity index (χ3v) is 1.20. The first kappa shape index (κ1) is 12.3. The molecule has 1 aromatic carbocycles. The minimum Gasteiger partial charge on any atom is -0.481 e. The van der Waals surface area contributed by atoms with E-state index in [1.165, 1.54) is 0 Å². The summed E-state index contributed by atoms with van der Waals surface area (Å²) >= 11 is 9.53. The highest BCUT2D eigenvalue weighted by molar-refractivity contribution is 6.40. The Morgan fingerprint density at radius 1 is 1.23 bits per heavy atom. The van der Waals surface area contributed by atoms with Crippen molar-refractivity contribution in [3.8, 4) is 0 Å². The quantitative estimate of drug-likeness (QED) is 0.779. The normalized spacial score (nSPS) is 8.46. The lowest BCUT2D eigenvalue weighted by atomic mass is 10.2. The molecule has 1 N–H and O–H groups in total. The molecule has 0 aliphatic rings. The zero-order chi connectivity index (χ0) is 10.1. The molecule has 0 aliphatic heterocycles. The van der Waals surface area contributed by atoms with Gasteiger partial charge < -0.3 is 5.11 Å². The van der Waals surface area contributed by atoms with Gasteiger partial charge in [0.15, 0.2) is 0 Å². The summed E-state index contributed by atoms with van der Waals surface area (Å²) in [7, 11) is 0. The standard InChI is InChI=1S/C8H8O2.CH2Cl2/c9-8(10)6-7-4-2-1-3-5-7;2-1-3/h1-5H,6H2,(H,9,10);1H2. The van der Waals surface area contributed by atoms with Crippen molar-refractivity contribution in [1.29, 1.82) is 0 Å². The first-order valence-electron chi connectivity index (χ1n) is 3.58. The molecule has 0 aromatic heterocycles. The smallest absolute Gasteiger partial charge is 0.307 e. The Bertz CT molecular complexity index is 237. The van der Waals surface area contributed by atoms with Crippen LogP contribution in [0.25, 0.3) is 0 Å². The second-order valence-electron chi connectivity index (χ2n) is 2.16. The predicted molar refractivity (Wildman–Crippen MR) is 54.4 cm³/mol. The molecule has 1 aromatic rings. The van der Waals surface area contributed by atoms with Crippen molar-refractivity contribution >= 4 is 29.2 Å². The Balaban J connectivity index is 0.000000424. The Morgan fingerprint density at radius 2 is 1.69 bits per heavy atom. The fraction of sp³-hybridized carbons (Fsp3) is 0.222. The maximum absolute atomic E-state index is 10.2. The van der Waals surface area contributed by atoms with Crippen molar-refractivity contribution in [1.82, 2.24) is 0 Å². The van der Waals surface area contributed by atoms with E-state index in [0.29, 0.717) is 0 Å². The van der Waals surface area contributed by atoms with E-state index >= 15 is 0 Å². The fourth-order valence-corrected chi connectivity index (χ4v) is 0.770. The molecule has 1 rings (SSSR count). The zero-order valence-corrected chi connectivity index (χ0v) is 8.42. The number of halogens is 2. The maximum Gasteiger partial charge on any atom is 0.307 e. The Morgan fingerprint density at radius 3 is 2.08 bits per heavy atom. The molecule has 72 valence electrons. The molecule has 0 saturated carbocycles. The first-order valence-corrected chi connectivity index (χ1v) is 4.65. The Hall–Kier alpha value is -0.730. The van der Waals surface area contributed by atoms with Gasteiger partial charge in [-0.15, -0.1) is 23.2 Å². The monoisotopic (exact) mass is 220 g/mol. The number of alkyl halides is 2. The van der Waals surface area contributed by atoms with E-state index < -0.39 is 5.97 Å². The van der Waals surface area contributed by atoms with Crippen molar-refractivity contribution in [3.05, 3.63) is 35.9 Å². The zero-order valence-electron chi connectivity index (χ0n) is 6.91. The van der Waals surface area contributed by atoms with E-state index in [0.717, 1.165) is 5.56 Å². The average Bonchev–Trinajstić information content (AvgIpc) is 2.06. The van der Waals surface area contributed by atoms with E-state index in [1.807, 2.05) is 18.2 Å². The molecule has 0 amide bonds. The van der Waals surface area contributed by atoms with Crippen LogP contribution in [0.1, 0.15) is 5.56 Å². The molecule has 0 aliphatic carbocycles. The summed E-state index contributed by atoms with van der Waals surface area (Å²) < 4.78 is 0. The highest BCUT2D eigenvalue weighted by atomic mass is 35.5. The van der Waals surface area contributed by atoms with Crippen molar-refractivity contribution < 1.29 is 9.90 Å². The summed E-state index contributed by atoms with van der Waals surface area (Å²) in [6.45, 7) is 0. The second-order valence-corrected chi connectivity index (χ2v) is 2.97. The summed E-state index contributed by atoms with van der Waals surface area (Å²) in [5.41, 5.74) is 0.843. The summed E-state index contributed by atoms with van der Waals surface area (Å²) in [4.78, 5) is 10.2. The molecule has 0 atom stereocenters. The van der Waals surface area contributed by atoms with Gasteiger partial charge in [-0.3, -0.25) is 4.79 Å². The van der Waals surface area contributed by atoms with Gasteiger partial charge in [-0.25, -0.2) is 0 Å². The number of aliphatic carboxylic acids is 1. The van der Waals surface area contributed by atoms with Gasteiger partial charge in [-0.2, -0.15) is 0 Å². The summed E-state index contributed by atoms with van der Waals surface area (Å²) in [6.07, 6.45) is 0.112. The lowest BCUT2D eigenvalue weighted by molar-refractivity contribution is -0.136. The number of hydrogen-bond acceptors (Lipinski definition) is 1. The number of carbonyl (C=O) groups is 1. The fourth-order valence-electron chi connectivity index (χ4n) is 0.770. The van der Waals surface area contributed by atoms with Gasteiger partial charge in [-0.1, -0.05) is 30.3 Å². The highest BCUT2D eigenvalue weighted by Gasteiger charge is 1.96. The second kappa shape index (κ2) is 7.90. The molecule has 0 bridgehead atoms. The van der Waals surface area contributed by atoms with Crippen LogP contribution in [0.2, 0.25) is 0 Å². The summed E-state index contributed by atoms with van der Waals surface area (Å²) in [5.74, 6) is -0.786. The van der Waals surface area contributed by atoms with Crippen molar-refractivity contribution in [2.24, 2.45) is 0 Å². The van der Waals surface area contributed by atoms with E-state index in [2.05, 4.69) is 0 Å². The third kappa shape index (κ3) is 7.62. The average molecular weight is 221 g/mol. The van der Waals surface area contributed by atoms with Crippen LogP contribution in [-0.4, -0.2) is 16.4 Å². The highest BCUT2D eigenvalue weighted by Crippen LogP contribution is 1.98. The van der Waals surface area contributed by atoms with Gasteiger partial charge in [0.25, 0.3) is 0 Å². The number of hydrogen-bond donors (Lipinski definition) is 1. The van der Waals surface area contributed by atoms with Gasteiger partial charge >= 0.3 is 5.97 Å². The molecule has 0 fully saturated rings. The van der Waals surface area contributed by atoms with E-state index in [-0.39, 0.29) is 11.8 Å². The summed E-state index contributed by atoms with van der Waals surface area (Å²) in [5, 5.41) is 8.56. The molecular formula is C9H10Cl2O2. The van der Waals surface area contributed by atoms with Crippen LogP contribution in [0.15, 0.2) is 30.3 Å². The van der Waals surface area contributed by atoms with Crippen LogP contribution >= 0.6 is 23.2 Å². The molecule has 4 heteroatoms. The molecule has 2 nitrogen and oxygen atoms in total. The van der Waals surface area contributed by atoms with E-state index in [9.17, 15) is 4.79 Å². The van der Waals surface area contributed by atoms with Crippen LogP contribution < -0.4 is 0 Å². The van der Waals surface area contributed by atoms with Gasteiger partial charge in [0, 0.05) is 0 Å². The molecule has 0 spiro atoms. The van der Waals surface area contributed by atoms with Crippen LogP contribution in [0.4, 0.5) is 0 Å². The van der Waals surface area contributed by atoms with E-state index in [1.54, 1.807) is 12.1 Å². The SMILES string of the molecule is ClCCl.O=C(O)Cc1ccccc1. The molecular weight excluding hydrogens is 211 g/mol. The molecule has 13 heavy (non-hydrogen) atoms. The number of rotatable bonds is 2. The van der Waals surface area contributed by atoms with Crippen LogP contribution in [-0.2, 0) is 11.2 Å². The van der Waals surface area contributed by atoms with Crippen LogP contribution in [0.5, 0.6) is 0 Å². The number of carboxylic acids is 1. The molecule has 0 unspecified atom stereocenters. The van der Waals surface area contributed by atoms with Crippen molar-refractivity contribution in [2.75, 3.05) is 5.34 Å². The van der Waals surface area contributed by atoms with Gasteiger partial charge in [-0.05, 0) is 5.56 Å². The molecule has 0 heterocycles. The van der Waals surface area contributed by atoms with Crippen LogP contribution in [0, 0.1) is 0 Å². The predicted octanol–water partition coefficient (Wildman–Crippen LogP) is 2.74. The lowest BCUT2D eigenvalue weighted by Gasteiger charge is -1.92. The topological polar surface area (TPSA) is 37.3 Å². The number of benzene rings is 1. The Kier molecular flexibility index (Phi) is 7.45. The minimum atomic E-state index is -0.786. The maximum atomic E-state index is 10.2. The summed E-state index contributed by atoms with van der Waals surface area (Å²) in [6, 6.07) is 9.13. The van der Waals surface area contributed by atoms with Crippen molar-refractivity contribution in [3.63, 3.8) is 0 Å². The Labute approximate surface area is 87.1 Å².